The van der Waals surface area contributed by atoms with Crippen LogP contribution in [0.2, 0.25) is 0 Å². The fourth-order valence-electron chi connectivity index (χ4n) is 3.34. The first kappa shape index (κ1) is 20.0. The van der Waals surface area contributed by atoms with Gasteiger partial charge in [-0.3, -0.25) is 9.48 Å². The molecule has 0 aliphatic rings. The molecular weight excluding hydrogens is 373 g/mol. The van der Waals surface area contributed by atoms with Crippen LogP contribution in [0.15, 0.2) is 24.3 Å². The van der Waals surface area contributed by atoms with Crippen molar-refractivity contribution in [3.8, 4) is 28.5 Å². The maximum atomic E-state index is 13.7. The van der Waals surface area contributed by atoms with Crippen molar-refractivity contribution in [2.45, 2.75) is 33.7 Å². The molecule has 0 saturated carbocycles. The van der Waals surface area contributed by atoms with Gasteiger partial charge in [0.2, 0.25) is 0 Å². The van der Waals surface area contributed by atoms with Crippen LogP contribution in [-0.4, -0.2) is 25.8 Å². The molecule has 0 bridgehead atoms. The topological polar surface area (TPSA) is 118 Å². The predicted molar refractivity (Wildman–Crippen MR) is 106 cm³/mol. The van der Waals surface area contributed by atoms with E-state index in [1.165, 1.54) is 6.07 Å². The third-order valence-electron chi connectivity index (χ3n) is 4.80. The van der Waals surface area contributed by atoms with Gasteiger partial charge in [-0.25, -0.2) is 9.37 Å². The van der Waals surface area contributed by atoms with Gasteiger partial charge in [0.1, 0.15) is 23.3 Å². The standard InChI is InChI=1S/C21H20FN5O2/c1-11-8-14(4-5-17(11)22)15-9-18(25-21(24)16(15)10-23)20-12(2)26-27(13(20)3)7-6-19(28)29/h4-5,8-9H,6-7H2,1-3H3,(H2,24,25)(H,28,29). The Morgan fingerprint density at radius 1 is 1.31 bits per heavy atom. The molecule has 0 aliphatic heterocycles. The normalized spacial score (nSPS) is 10.7. The lowest BCUT2D eigenvalue weighted by atomic mass is 9.96. The Morgan fingerprint density at radius 2 is 2.03 bits per heavy atom. The molecule has 7 nitrogen and oxygen atoms in total. The van der Waals surface area contributed by atoms with E-state index in [4.69, 9.17) is 10.8 Å². The van der Waals surface area contributed by atoms with Gasteiger partial charge in [-0.15, -0.1) is 0 Å². The number of carboxylic acid groups (broad SMARTS) is 1. The van der Waals surface area contributed by atoms with Crippen molar-refractivity contribution < 1.29 is 14.3 Å². The van der Waals surface area contributed by atoms with Crippen LogP contribution in [-0.2, 0) is 11.3 Å². The van der Waals surface area contributed by atoms with Crippen LogP contribution in [0.4, 0.5) is 10.2 Å². The Morgan fingerprint density at radius 3 is 2.66 bits per heavy atom. The molecule has 0 amide bonds. The molecule has 2 aromatic heterocycles. The Bertz CT molecular complexity index is 1160. The summed E-state index contributed by atoms with van der Waals surface area (Å²) in [6.45, 7) is 5.52. The van der Waals surface area contributed by atoms with E-state index in [2.05, 4.69) is 16.2 Å². The number of nitrogens with zero attached hydrogens (tertiary/aromatic N) is 4. The van der Waals surface area contributed by atoms with Gasteiger partial charge in [0.15, 0.2) is 0 Å². The number of nitriles is 1. The number of nitrogens with two attached hydrogens (primary N) is 1. The third-order valence-corrected chi connectivity index (χ3v) is 4.80. The number of hydrogen-bond donors (Lipinski definition) is 2. The number of aryl methyl sites for hydroxylation is 3. The molecule has 2 heterocycles. The van der Waals surface area contributed by atoms with Crippen LogP contribution in [0.3, 0.4) is 0 Å². The maximum absolute atomic E-state index is 13.7. The zero-order valence-electron chi connectivity index (χ0n) is 16.3. The highest BCUT2D eigenvalue weighted by molar-refractivity contribution is 5.81. The summed E-state index contributed by atoms with van der Waals surface area (Å²) in [7, 11) is 0. The lowest BCUT2D eigenvalue weighted by Gasteiger charge is -2.11. The highest BCUT2D eigenvalue weighted by atomic mass is 19.1. The van der Waals surface area contributed by atoms with Gasteiger partial charge in [-0.05, 0) is 50.1 Å². The van der Waals surface area contributed by atoms with E-state index in [1.807, 2.05) is 6.92 Å². The zero-order chi connectivity index (χ0) is 21.3. The van der Waals surface area contributed by atoms with Gasteiger partial charge < -0.3 is 10.8 Å². The number of nitrogen functional groups attached to an aromatic ring is 1. The van der Waals surface area contributed by atoms with E-state index in [1.54, 1.807) is 36.7 Å². The molecule has 0 fully saturated rings. The first-order valence-electron chi connectivity index (χ1n) is 8.96. The zero-order valence-corrected chi connectivity index (χ0v) is 16.3. The van der Waals surface area contributed by atoms with E-state index in [-0.39, 0.29) is 30.2 Å². The molecule has 1 aromatic carbocycles. The number of hydrogen-bond acceptors (Lipinski definition) is 5. The maximum Gasteiger partial charge on any atom is 0.305 e. The Hall–Kier alpha value is -3.73. The number of carboxylic acids is 1. The monoisotopic (exact) mass is 393 g/mol. The number of aliphatic carboxylic acids is 1. The van der Waals surface area contributed by atoms with Crippen molar-refractivity contribution in [2.24, 2.45) is 0 Å². The van der Waals surface area contributed by atoms with Gasteiger partial charge in [0, 0.05) is 16.8 Å². The number of anilines is 1. The summed E-state index contributed by atoms with van der Waals surface area (Å²) in [5.41, 5.74) is 10.6. The molecule has 3 aromatic rings. The van der Waals surface area contributed by atoms with E-state index in [0.29, 0.717) is 28.1 Å². The van der Waals surface area contributed by atoms with Crippen molar-refractivity contribution in [3.05, 3.63) is 52.6 Å². The van der Waals surface area contributed by atoms with Gasteiger partial charge in [0.05, 0.1) is 24.4 Å². The number of aromatic nitrogens is 3. The highest BCUT2D eigenvalue weighted by Gasteiger charge is 2.19. The summed E-state index contributed by atoms with van der Waals surface area (Å²) in [5.74, 6) is -1.17. The second kappa shape index (κ2) is 7.72. The van der Waals surface area contributed by atoms with Gasteiger partial charge in [0.25, 0.3) is 0 Å². The van der Waals surface area contributed by atoms with Crippen molar-refractivity contribution in [3.63, 3.8) is 0 Å². The second-order valence-electron chi connectivity index (χ2n) is 6.80. The van der Waals surface area contributed by atoms with Crippen molar-refractivity contribution in [1.82, 2.24) is 14.8 Å². The molecule has 0 unspecified atom stereocenters. The quantitative estimate of drug-likeness (QED) is 0.684. The van der Waals surface area contributed by atoms with Crippen LogP contribution in [0.25, 0.3) is 22.4 Å². The second-order valence-corrected chi connectivity index (χ2v) is 6.80. The molecular formula is C21H20FN5O2. The average molecular weight is 393 g/mol. The number of carbonyl (C=O) groups is 1. The largest absolute Gasteiger partial charge is 0.481 e. The number of rotatable bonds is 5. The Balaban J connectivity index is 2.17. The molecule has 148 valence electrons. The SMILES string of the molecule is Cc1cc(-c2cc(-c3c(C)nn(CCC(=O)O)c3C)nc(N)c2C#N)ccc1F. The smallest absolute Gasteiger partial charge is 0.305 e. The van der Waals surface area contributed by atoms with E-state index in [9.17, 15) is 14.4 Å². The van der Waals surface area contributed by atoms with Crippen molar-refractivity contribution in [2.75, 3.05) is 5.73 Å². The highest BCUT2D eigenvalue weighted by Crippen LogP contribution is 2.34. The molecule has 0 spiro atoms. The molecule has 0 saturated heterocycles. The Labute approximate surface area is 167 Å². The van der Waals surface area contributed by atoms with Crippen LogP contribution in [0.5, 0.6) is 0 Å². The fourth-order valence-corrected chi connectivity index (χ4v) is 3.34. The van der Waals surface area contributed by atoms with Gasteiger partial charge in [-0.1, -0.05) is 6.07 Å². The number of halogens is 1. The average Bonchev–Trinajstić information content (AvgIpc) is 2.95. The summed E-state index contributed by atoms with van der Waals surface area (Å²) in [6, 6.07) is 8.41. The molecule has 3 N–H and O–H groups in total. The Kier molecular flexibility index (Phi) is 5.33. The molecule has 29 heavy (non-hydrogen) atoms. The summed E-state index contributed by atoms with van der Waals surface area (Å²) < 4.78 is 15.3. The first-order chi connectivity index (χ1) is 13.7. The molecule has 3 rings (SSSR count). The summed E-state index contributed by atoms with van der Waals surface area (Å²) in [4.78, 5) is 15.3. The summed E-state index contributed by atoms with van der Waals surface area (Å²) in [5, 5.41) is 22.9. The third kappa shape index (κ3) is 3.80. The van der Waals surface area contributed by atoms with Gasteiger partial charge >= 0.3 is 5.97 Å². The van der Waals surface area contributed by atoms with Crippen LogP contribution in [0, 0.1) is 37.9 Å². The van der Waals surface area contributed by atoms with E-state index >= 15 is 0 Å². The molecule has 0 aliphatic carbocycles. The van der Waals surface area contributed by atoms with Crippen LogP contribution in [0.1, 0.15) is 28.9 Å². The fraction of sp³-hybridized carbons (Fsp3) is 0.238. The van der Waals surface area contributed by atoms with Crippen molar-refractivity contribution >= 4 is 11.8 Å². The minimum absolute atomic E-state index is 0.0511. The summed E-state index contributed by atoms with van der Waals surface area (Å²) in [6.07, 6.45) is -0.0511. The summed E-state index contributed by atoms with van der Waals surface area (Å²) >= 11 is 0. The van der Waals surface area contributed by atoms with Gasteiger partial charge in [-0.2, -0.15) is 10.4 Å². The van der Waals surface area contributed by atoms with Crippen LogP contribution < -0.4 is 5.73 Å². The lowest BCUT2D eigenvalue weighted by Crippen LogP contribution is -2.07. The number of benzene rings is 1. The minimum Gasteiger partial charge on any atom is -0.481 e. The molecule has 8 heteroatoms. The predicted octanol–water partition coefficient (Wildman–Crippen LogP) is 3.61. The molecule has 0 radical (unpaired) electrons. The van der Waals surface area contributed by atoms with E-state index < -0.39 is 5.97 Å². The first-order valence-corrected chi connectivity index (χ1v) is 8.96. The van der Waals surface area contributed by atoms with E-state index in [0.717, 1.165) is 11.3 Å². The van der Waals surface area contributed by atoms with Crippen LogP contribution >= 0.6 is 0 Å². The minimum atomic E-state index is -0.909. The lowest BCUT2D eigenvalue weighted by molar-refractivity contribution is -0.137. The molecule has 0 atom stereocenters. The van der Waals surface area contributed by atoms with Crippen molar-refractivity contribution in [1.29, 1.82) is 5.26 Å². The number of pyridine rings is 1.